The largest absolute Gasteiger partial charge is 0.416 e. The van der Waals surface area contributed by atoms with Gasteiger partial charge < -0.3 is 5.32 Å². The number of anilines is 1. The fourth-order valence-electron chi connectivity index (χ4n) is 3.06. The molecule has 1 unspecified atom stereocenters. The summed E-state index contributed by atoms with van der Waals surface area (Å²) < 4.78 is 40.4. The van der Waals surface area contributed by atoms with Crippen LogP contribution >= 0.6 is 0 Å². The zero-order chi connectivity index (χ0) is 16.7. The Morgan fingerprint density at radius 1 is 1.17 bits per heavy atom. The van der Waals surface area contributed by atoms with Gasteiger partial charge in [0, 0.05) is 23.8 Å². The highest BCUT2D eigenvalue weighted by atomic mass is 19.4. The monoisotopic (exact) mass is 333 g/mol. The van der Waals surface area contributed by atoms with Gasteiger partial charge in [-0.2, -0.15) is 18.3 Å². The van der Waals surface area contributed by atoms with E-state index < -0.39 is 11.7 Å². The fourth-order valence-corrected chi connectivity index (χ4v) is 3.06. The van der Waals surface area contributed by atoms with Crippen molar-refractivity contribution in [1.29, 1.82) is 0 Å². The molecule has 2 aromatic heterocycles. The second kappa shape index (κ2) is 5.47. The lowest BCUT2D eigenvalue weighted by Gasteiger charge is -2.24. The van der Waals surface area contributed by atoms with Crippen LogP contribution in [0.3, 0.4) is 0 Å². The van der Waals surface area contributed by atoms with E-state index in [1.165, 1.54) is 18.6 Å². The van der Waals surface area contributed by atoms with E-state index >= 15 is 0 Å². The minimum Gasteiger partial charge on any atom is -0.374 e. The molecule has 24 heavy (non-hydrogen) atoms. The highest BCUT2D eigenvalue weighted by Gasteiger charge is 2.31. The van der Waals surface area contributed by atoms with Crippen molar-refractivity contribution in [2.45, 2.75) is 31.6 Å². The van der Waals surface area contributed by atoms with E-state index in [9.17, 15) is 13.2 Å². The van der Waals surface area contributed by atoms with Crippen LogP contribution in [0.2, 0.25) is 0 Å². The summed E-state index contributed by atoms with van der Waals surface area (Å²) in [6.45, 7) is 0.833. The van der Waals surface area contributed by atoms with Crippen molar-refractivity contribution in [3.8, 4) is 0 Å². The number of nitrogens with one attached hydrogen (secondary N) is 1. The Morgan fingerprint density at radius 2 is 2.04 bits per heavy atom. The lowest BCUT2D eigenvalue weighted by molar-refractivity contribution is -0.137. The van der Waals surface area contributed by atoms with Crippen molar-refractivity contribution in [1.82, 2.24) is 19.7 Å². The van der Waals surface area contributed by atoms with Gasteiger partial charge in [0.15, 0.2) is 0 Å². The van der Waals surface area contributed by atoms with Gasteiger partial charge in [-0.25, -0.2) is 9.67 Å². The number of hydrogen-bond donors (Lipinski definition) is 1. The van der Waals surface area contributed by atoms with Crippen LogP contribution in [0.5, 0.6) is 0 Å². The third-order valence-electron chi connectivity index (χ3n) is 4.22. The summed E-state index contributed by atoms with van der Waals surface area (Å²) in [6, 6.07) is 5.36. The molecule has 0 aliphatic carbocycles. The van der Waals surface area contributed by atoms with Gasteiger partial charge in [-0.15, -0.1) is 0 Å². The number of aromatic nitrogens is 4. The van der Waals surface area contributed by atoms with Crippen LogP contribution in [0.15, 0.2) is 36.8 Å². The van der Waals surface area contributed by atoms with E-state index in [2.05, 4.69) is 20.4 Å². The van der Waals surface area contributed by atoms with Crippen molar-refractivity contribution in [2.24, 2.45) is 0 Å². The number of pyridine rings is 1. The Bertz CT molecular complexity index is 887. The van der Waals surface area contributed by atoms with Gasteiger partial charge in [0.05, 0.1) is 17.1 Å². The smallest absolute Gasteiger partial charge is 0.374 e. The van der Waals surface area contributed by atoms with Gasteiger partial charge in [-0.05, 0) is 31.0 Å². The van der Waals surface area contributed by atoms with E-state index in [0.29, 0.717) is 10.9 Å². The highest BCUT2D eigenvalue weighted by molar-refractivity contribution is 5.91. The first-order chi connectivity index (χ1) is 11.5. The summed E-state index contributed by atoms with van der Waals surface area (Å²) in [7, 11) is 0. The van der Waals surface area contributed by atoms with Crippen molar-refractivity contribution < 1.29 is 13.2 Å². The highest BCUT2D eigenvalue weighted by Crippen LogP contribution is 2.34. The van der Waals surface area contributed by atoms with Crippen LogP contribution in [-0.2, 0) is 12.7 Å². The van der Waals surface area contributed by atoms with E-state index in [0.717, 1.165) is 43.0 Å². The Hall–Kier alpha value is -2.64. The van der Waals surface area contributed by atoms with Gasteiger partial charge in [0.1, 0.15) is 12.2 Å². The van der Waals surface area contributed by atoms with E-state index in [4.69, 9.17) is 0 Å². The second-order valence-corrected chi connectivity index (χ2v) is 5.77. The Labute approximate surface area is 135 Å². The number of hydrogen-bond acceptors (Lipinski definition) is 4. The molecule has 0 amide bonds. The SMILES string of the molecule is FC(F)(F)c1ccc2c(NC3CCCn4ncnc43)ccnc2c1. The molecule has 0 saturated carbocycles. The minimum atomic E-state index is -4.38. The van der Waals surface area contributed by atoms with Gasteiger partial charge in [0.2, 0.25) is 0 Å². The van der Waals surface area contributed by atoms with Crippen molar-refractivity contribution in [3.63, 3.8) is 0 Å². The molecule has 0 fully saturated rings. The summed E-state index contributed by atoms with van der Waals surface area (Å²) in [5.41, 5.74) is 0.360. The third kappa shape index (κ3) is 2.57. The van der Waals surface area contributed by atoms with E-state index in [1.807, 2.05) is 4.68 Å². The fraction of sp³-hybridized carbons (Fsp3) is 0.312. The number of fused-ring (bicyclic) bond motifs is 2. The summed E-state index contributed by atoms with van der Waals surface area (Å²) >= 11 is 0. The summed E-state index contributed by atoms with van der Waals surface area (Å²) in [4.78, 5) is 8.36. The average Bonchev–Trinajstić information content (AvgIpc) is 3.03. The van der Waals surface area contributed by atoms with Crippen LogP contribution in [0.25, 0.3) is 10.9 Å². The second-order valence-electron chi connectivity index (χ2n) is 5.77. The predicted octanol–water partition coefficient (Wildman–Crippen LogP) is 3.79. The maximum atomic E-state index is 12.9. The first-order valence-corrected chi connectivity index (χ1v) is 7.62. The number of alkyl halides is 3. The molecule has 4 rings (SSSR count). The van der Waals surface area contributed by atoms with Gasteiger partial charge >= 0.3 is 6.18 Å². The number of rotatable bonds is 2. The molecule has 0 bridgehead atoms. The Morgan fingerprint density at radius 3 is 2.88 bits per heavy atom. The topological polar surface area (TPSA) is 55.6 Å². The standard InChI is InChI=1S/C16H14F3N5/c17-16(18,19)10-3-4-11-12(5-6-20-14(11)8-10)23-13-2-1-7-24-15(13)21-9-22-24/h3-6,8-9,13H,1-2,7H2,(H,20,23). The normalized spacial score (nSPS) is 17.7. The molecule has 1 aliphatic heterocycles. The molecule has 3 heterocycles. The van der Waals surface area contributed by atoms with Crippen LogP contribution in [0, 0.1) is 0 Å². The maximum absolute atomic E-state index is 12.9. The van der Waals surface area contributed by atoms with E-state index in [-0.39, 0.29) is 6.04 Å². The summed E-state index contributed by atoms with van der Waals surface area (Å²) in [5, 5.41) is 8.21. The minimum absolute atomic E-state index is 0.0193. The molecular formula is C16H14F3N5. The Kier molecular flexibility index (Phi) is 3.40. The first-order valence-electron chi connectivity index (χ1n) is 7.62. The van der Waals surface area contributed by atoms with Crippen LogP contribution in [-0.4, -0.2) is 19.7 Å². The lowest BCUT2D eigenvalue weighted by atomic mass is 10.1. The molecular weight excluding hydrogens is 319 g/mol. The molecule has 0 radical (unpaired) electrons. The number of nitrogens with zero attached hydrogens (tertiary/aromatic N) is 4. The first kappa shape index (κ1) is 14.9. The average molecular weight is 333 g/mol. The quantitative estimate of drug-likeness (QED) is 0.775. The molecule has 0 saturated heterocycles. The predicted molar refractivity (Wildman–Crippen MR) is 82.4 cm³/mol. The van der Waals surface area contributed by atoms with Gasteiger partial charge in [-0.1, -0.05) is 6.07 Å². The Balaban J connectivity index is 1.71. The summed E-state index contributed by atoms with van der Waals surface area (Å²) in [5.74, 6) is 0.845. The van der Waals surface area contributed by atoms with Crippen LogP contribution in [0.1, 0.15) is 30.3 Å². The third-order valence-corrected chi connectivity index (χ3v) is 4.22. The van der Waals surface area contributed by atoms with Crippen LogP contribution in [0.4, 0.5) is 18.9 Å². The number of benzene rings is 1. The molecule has 0 spiro atoms. The van der Waals surface area contributed by atoms with Crippen LogP contribution < -0.4 is 5.32 Å². The maximum Gasteiger partial charge on any atom is 0.416 e. The summed E-state index contributed by atoms with van der Waals surface area (Å²) in [6.07, 6.45) is 0.519. The molecule has 124 valence electrons. The molecule has 8 heteroatoms. The van der Waals surface area contributed by atoms with Crippen molar-refractivity contribution in [2.75, 3.05) is 5.32 Å². The van der Waals surface area contributed by atoms with Crippen molar-refractivity contribution >= 4 is 16.6 Å². The van der Waals surface area contributed by atoms with E-state index in [1.54, 1.807) is 6.07 Å². The molecule has 1 atom stereocenters. The zero-order valence-corrected chi connectivity index (χ0v) is 12.6. The molecule has 1 aliphatic rings. The van der Waals surface area contributed by atoms with Gasteiger partial charge in [-0.3, -0.25) is 4.98 Å². The lowest BCUT2D eigenvalue weighted by Crippen LogP contribution is -2.22. The number of aryl methyl sites for hydroxylation is 1. The molecule has 5 nitrogen and oxygen atoms in total. The van der Waals surface area contributed by atoms with Crippen molar-refractivity contribution in [3.05, 3.63) is 48.2 Å². The zero-order valence-electron chi connectivity index (χ0n) is 12.6. The number of halogens is 3. The van der Waals surface area contributed by atoms with Gasteiger partial charge in [0.25, 0.3) is 0 Å². The molecule has 1 N–H and O–H groups in total. The molecule has 3 aromatic rings. The molecule has 1 aromatic carbocycles.